The maximum atomic E-state index is 9.84. The monoisotopic (exact) mass is 238 g/mol. The lowest BCUT2D eigenvalue weighted by atomic mass is 10.0. The van der Waals surface area contributed by atoms with E-state index in [4.69, 9.17) is 4.74 Å². The van der Waals surface area contributed by atoms with Crippen LogP contribution in [0.3, 0.4) is 0 Å². The zero-order valence-electron chi connectivity index (χ0n) is 10.9. The van der Waals surface area contributed by atoms with Crippen LogP contribution in [-0.2, 0) is 6.42 Å². The molecule has 0 saturated heterocycles. The van der Waals surface area contributed by atoms with Gasteiger partial charge in [0.1, 0.15) is 6.33 Å². The lowest BCUT2D eigenvalue weighted by Gasteiger charge is -2.12. The molecule has 0 aliphatic rings. The van der Waals surface area contributed by atoms with Crippen molar-refractivity contribution in [2.24, 2.45) is 5.92 Å². The summed E-state index contributed by atoms with van der Waals surface area (Å²) in [6.45, 7) is 6.90. The van der Waals surface area contributed by atoms with E-state index in [0.29, 0.717) is 24.8 Å². The maximum Gasteiger partial charge on any atom is 0.216 e. The molecule has 1 atom stereocenters. The molecule has 0 bridgehead atoms. The van der Waals surface area contributed by atoms with E-state index in [2.05, 4.69) is 30.7 Å². The SMILES string of the molecule is CCCOc1cc(CC(O)CC(C)C)ncn1. The van der Waals surface area contributed by atoms with Crippen molar-refractivity contribution in [2.45, 2.75) is 46.1 Å². The lowest BCUT2D eigenvalue weighted by molar-refractivity contribution is 0.148. The molecular formula is C13H22N2O2. The molecule has 1 aromatic rings. The van der Waals surface area contributed by atoms with Gasteiger partial charge < -0.3 is 9.84 Å². The van der Waals surface area contributed by atoms with Gasteiger partial charge in [-0.2, -0.15) is 0 Å². The van der Waals surface area contributed by atoms with Crippen LogP contribution in [0, 0.1) is 5.92 Å². The summed E-state index contributed by atoms with van der Waals surface area (Å²) in [6.07, 6.45) is 3.44. The van der Waals surface area contributed by atoms with E-state index >= 15 is 0 Å². The number of aliphatic hydroxyl groups is 1. The van der Waals surface area contributed by atoms with Crippen molar-refractivity contribution in [2.75, 3.05) is 6.61 Å². The van der Waals surface area contributed by atoms with Crippen molar-refractivity contribution < 1.29 is 9.84 Å². The second-order valence-corrected chi connectivity index (χ2v) is 4.68. The molecule has 1 aromatic heterocycles. The molecule has 4 heteroatoms. The van der Waals surface area contributed by atoms with Gasteiger partial charge in [-0.1, -0.05) is 20.8 Å². The zero-order valence-corrected chi connectivity index (χ0v) is 10.9. The number of hydrogen-bond acceptors (Lipinski definition) is 4. The van der Waals surface area contributed by atoms with Gasteiger partial charge >= 0.3 is 0 Å². The molecule has 1 rings (SSSR count). The van der Waals surface area contributed by atoms with Crippen LogP contribution in [0.1, 0.15) is 39.3 Å². The van der Waals surface area contributed by atoms with Crippen molar-refractivity contribution in [1.82, 2.24) is 9.97 Å². The van der Waals surface area contributed by atoms with E-state index in [1.165, 1.54) is 6.33 Å². The molecule has 4 nitrogen and oxygen atoms in total. The zero-order chi connectivity index (χ0) is 12.7. The van der Waals surface area contributed by atoms with E-state index in [9.17, 15) is 5.11 Å². The number of aliphatic hydroxyl groups excluding tert-OH is 1. The van der Waals surface area contributed by atoms with Crippen molar-refractivity contribution in [3.05, 3.63) is 18.1 Å². The van der Waals surface area contributed by atoms with Crippen molar-refractivity contribution in [3.8, 4) is 5.88 Å². The molecule has 1 N–H and O–H groups in total. The minimum atomic E-state index is -0.344. The molecular weight excluding hydrogens is 216 g/mol. The third-order valence-corrected chi connectivity index (χ3v) is 2.34. The number of hydrogen-bond donors (Lipinski definition) is 1. The van der Waals surface area contributed by atoms with Gasteiger partial charge in [0.2, 0.25) is 5.88 Å². The summed E-state index contributed by atoms with van der Waals surface area (Å²) in [6, 6.07) is 1.80. The molecule has 1 unspecified atom stereocenters. The van der Waals surface area contributed by atoms with Gasteiger partial charge in [-0.3, -0.25) is 0 Å². The average Bonchev–Trinajstić information content (AvgIpc) is 2.25. The molecule has 0 fully saturated rings. The van der Waals surface area contributed by atoms with Crippen LogP contribution < -0.4 is 4.74 Å². The normalized spacial score (nSPS) is 12.8. The van der Waals surface area contributed by atoms with E-state index < -0.39 is 0 Å². The Morgan fingerprint density at radius 3 is 2.76 bits per heavy atom. The van der Waals surface area contributed by atoms with Gasteiger partial charge in [-0.15, -0.1) is 0 Å². The highest BCUT2D eigenvalue weighted by Crippen LogP contribution is 2.12. The van der Waals surface area contributed by atoms with Crippen LogP contribution in [-0.4, -0.2) is 27.8 Å². The fraction of sp³-hybridized carbons (Fsp3) is 0.692. The van der Waals surface area contributed by atoms with Gasteiger partial charge in [0.25, 0.3) is 0 Å². The molecule has 17 heavy (non-hydrogen) atoms. The van der Waals surface area contributed by atoms with Crippen LogP contribution in [0.25, 0.3) is 0 Å². The lowest BCUT2D eigenvalue weighted by Crippen LogP contribution is -2.14. The Kier molecular flexibility index (Phi) is 5.91. The van der Waals surface area contributed by atoms with Crippen molar-refractivity contribution in [1.29, 1.82) is 0 Å². The van der Waals surface area contributed by atoms with Crippen LogP contribution in [0.4, 0.5) is 0 Å². The second-order valence-electron chi connectivity index (χ2n) is 4.68. The third kappa shape index (κ3) is 5.63. The summed E-state index contributed by atoms with van der Waals surface area (Å²) < 4.78 is 5.43. The number of nitrogens with zero attached hydrogens (tertiary/aromatic N) is 2. The quantitative estimate of drug-likeness (QED) is 0.791. The van der Waals surface area contributed by atoms with Gasteiger partial charge in [0.15, 0.2) is 0 Å². The highest BCUT2D eigenvalue weighted by Gasteiger charge is 2.09. The summed E-state index contributed by atoms with van der Waals surface area (Å²) in [4.78, 5) is 8.17. The fourth-order valence-corrected chi connectivity index (χ4v) is 1.64. The first-order valence-electron chi connectivity index (χ1n) is 6.23. The topological polar surface area (TPSA) is 55.2 Å². The van der Waals surface area contributed by atoms with E-state index in [-0.39, 0.29) is 6.10 Å². The first kappa shape index (κ1) is 13.9. The minimum absolute atomic E-state index is 0.344. The first-order chi connectivity index (χ1) is 8.11. The Bertz CT molecular complexity index is 329. The molecule has 96 valence electrons. The molecule has 0 aromatic carbocycles. The van der Waals surface area contributed by atoms with Crippen LogP contribution in [0.2, 0.25) is 0 Å². The van der Waals surface area contributed by atoms with E-state index in [1.54, 1.807) is 6.07 Å². The molecule has 1 heterocycles. The highest BCUT2D eigenvalue weighted by molar-refractivity contribution is 5.14. The molecule has 0 spiro atoms. The summed E-state index contributed by atoms with van der Waals surface area (Å²) in [5.74, 6) is 1.08. The van der Waals surface area contributed by atoms with Crippen molar-refractivity contribution >= 4 is 0 Å². The molecule has 0 saturated carbocycles. The Morgan fingerprint density at radius 2 is 2.12 bits per heavy atom. The smallest absolute Gasteiger partial charge is 0.216 e. The Labute approximate surface area is 103 Å². The van der Waals surface area contributed by atoms with Crippen LogP contribution in [0.15, 0.2) is 12.4 Å². The third-order valence-electron chi connectivity index (χ3n) is 2.34. The number of ether oxygens (including phenoxy) is 1. The summed E-state index contributed by atoms with van der Waals surface area (Å²) >= 11 is 0. The summed E-state index contributed by atoms with van der Waals surface area (Å²) in [7, 11) is 0. The van der Waals surface area contributed by atoms with Crippen molar-refractivity contribution in [3.63, 3.8) is 0 Å². The Morgan fingerprint density at radius 1 is 1.35 bits per heavy atom. The Hall–Kier alpha value is -1.16. The van der Waals surface area contributed by atoms with E-state index in [0.717, 1.165) is 18.5 Å². The predicted octanol–water partition coefficient (Wildman–Crippen LogP) is 2.21. The van der Waals surface area contributed by atoms with Crippen LogP contribution >= 0.6 is 0 Å². The standard InChI is InChI=1S/C13H22N2O2/c1-4-5-17-13-8-11(14-9-15-13)7-12(16)6-10(2)3/h8-10,12,16H,4-7H2,1-3H3. The Balaban J connectivity index is 2.52. The van der Waals surface area contributed by atoms with Gasteiger partial charge in [-0.05, 0) is 18.8 Å². The molecule has 0 aliphatic carbocycles. The summed E-state index contributed by atoms with van der Waals surface area (Å²) in [5, 5.41) is 9.84. The predicted molar refractivity (Wildman–Crippen MR) is 67.0 cm³/mol. The highest BCUT2D eigenvalue weighted by atomic mass is 16.5. The van der Waals surface area contributed by atoms with Crippen LogP contribution in [0.5, 0.6) is 5.88 Å². The summed E-state index contributed by atoms with van der Waals surface area (Å²) in [5.41, 5.74) is 0.833. The number of rotatable bonds is 7. The van der Waals surface area contributed by atoms with Gasteiger partial charge in [0.05, 0.1) is 18.4 Å². The fourth-order valence-electron chi connectivity index (χ4n) is 1.64. The molecule has 0 aliphatic heterocycles. The van der Waals surface area contributed by atoms with Gasteiger partial charge in [0, 0.05) is 12.5 Å². The second kappa shape index (κ2) is 7.22. The molecule has 0 radical (unpaired) electrons. The minimum Gasteiger partial charge on any atom is -0.478 e. The number of aromatic nitrogens is 2. The largest absolute Gasteiger partial charge is 0.478 e. The first-order valence-corrected chi connectivity index (χ1v) is 6.23. The van der Waals surface area contributed by atoms with Gasteiger partial charge in [-0.25, -0.2) is 9.97 Å². The maximum absolute atomic E-state index is 9.84. The molecule has 0 amide bonds. The average molecular weight is 238 g/mol. The van der Waals surface area contributed by atoms with E-state index in [1.807, 2.05) is 0 Å².